The van der Waals surface area contributed by atoms with Crippen LogP contribution in [0, 0.1) is 12.8 Å². The monoisotopic (exact) mass is 476 g/mol. The van der Waals surface area contributed by atoms with Gasteiger partial charge in [0.25, 0.3) is 5.91 Å². The number of rotatable bonds is 4. The van der Waals surface area contributed by atoms with Crippen molar-refractivity contribution in [2.45, 2.75) is 26.7 Å². The lowest BCUT2D eigenvalue weighted by molar-refractivity contribution is 0.0687. The van der Waals surface area contributed by atoms with Crippen LogP contribution in [0.3, 0.4) is 0 Å². The lowest BCUT2D eigenvalue weighted by Crippen LogP contribution is -2.47. The second kappa shape index (κ2) is 9.21. The van der Waals surface area contributed by atoms with E-state index < -0.39 is 0 Å². The van der Waals surface area contributed by atoms with Crippen molar-refractivity contribution in [1.29, 1.82) is 0 Å². The predicted octanol–water partition coefficient (Wildman–Crippen LogP) is 6.18. The van der Waals surface area contributed by atoms with Gasteiger partial charge in [0.05, 0.1) is 16.4 Å². The Bertz CT molecular complexity index is 1110. The Balaban J connectivity index is 1.78. The number of amides is 1. The van der Waals surface area contributed by atoms with Gasteiger partial charge in [-0.15, -0.1) is 0 Å². The highest BCUT2D eigenvalue weighted by molar-refractivity contribution is 6.35. The Morgan fingerprint density at radius 1 is 1.10 bits per heavy atom. The minimum atomic E-state index is -0.231. The van der Waals surface area contributed by atoms with Crippen LogP contribution in [-0.2, 0) is 0 Å². The quantitative estimate of drug-likeness (QED) is 0.488. The average molecular weight is 478 g/mol. The molecule has 0 unspecified atom stereocenters. The molecule has 1 aliphatic heterocycles. The highest BCUT2D eigenvalue weighted by Crippen LogP contribution is 2.33. The molecule has 1 N–H and O–H groups in total. The zero-order chi connectivity index (χ0) is 22.1. The largest absolute Gasteiger partial charge is 0.286 e. The molecule has 1 saturated heterocycles. The number of aromatic nitrogens is 2. The van der Waals surface area contributed by atoms with Gasteiger partial charge in [-0.05, 0) is 56.0 Å². The molecular formula is C23H23Cl3N4O. The maximum atomic E-state index is 13.2. The Kier molecular flexibility index (Phi) is 6.58. The zero-order valence-electron chi connectivity index (χ0n) is 17.3. The van der Waals surface area contributed by atoms with Gasteiger partial charge in [0, 0.05) is 34.3 Å². The second-order valence-corrected chi connectivity index (χ2v) is 9.25. The fourth-order valence-corrected chi connectivity index (χ4v) is 4.59. The van der Waals surface area contributed by atoms with E-state index in [4.69, 9.17) is 34.8 Å². The number of benzene rings is 2. The van der Waals surface area contributed by atoms with Crippen LogP contribution in [0.15, 0.2) is 42.5 Å². The minimum absolute atomic E-state index is 0.231. The average Bonchev–Trinajstić information content (AvgIpc) is 3.06. The molecule has 1 aliphatic rings. The zero-order valence-corrected chi connectivity index (χ0v) is 19.6. The van der Waals surface area contributed by atoms with Gasteiger partial charge in [-0.3, -0.25) is 10.2 Å². The summed E-state index contributed by atoms with van der Waals surface area (Å²) in [5.41, 5.74) is 6.44. The topological polar surface area (TPSA) is 50.2 Å². The SMILES string of the molecule is Cc1c(C(=O)NN2CCC[C@H](C)C2)nn(-c2ccc(Cl)cc2Cl)c1-c1ccc(Cl)cc1. The number of nitrogens with one attached hydrogen (secondary N) is 1. The molecule has 1 amide bonds. The van der Waals surface area contributed by atoms with Crippen molar-refractivity contribution < 1.29 is 4.79 Å². The van der Waals surface area contributed by atoms with Crippen molar-refractivity contribution >= 4 is 40.7 Å². The van der Waals surface area contributed by atoms with E-state index in [0.717, 1.165) is 36.3 Å². The van der Waals surface area contributed by atoms with E-state index in [2.05, 4.69) is 17.4 Å². The van der Waals surface area contributed by atoms with Crippen molar-refractivity contribution in [3.63, 3.8) is 0 Å². The Labute approximate surface area is 196 Å². The van der Waals surface area contributed by atoms with Gasteiger partial charge in [0.15, 0.2) is 5.69 Å². The van der Waals surface area contributed by atoms with Crippen LogP contribution in [0.4, 0.5) is 0 Å². The highest BCUT2D eigenvalue weighted by atomic mass is 35.5. The normalized spacial score (nSPS) is 17.0. The van der Waals surface area contributed by atoms with E-state index in [0.29, 0.717) is 32.4 Å². The first-order chi connectivity index (χ1) is 14.8. The molecule has 0 bridgehead atoms. The van der Waals surface area contributed by atoms with Gasteiger partial charge >= 0.3 is 0 Å². The predicted molar refractivity (Wildman–Crippen MR) is 126 cm³/mol. The van der Waals surface area contributed by atoms with Gasteiger partial charge in [0.2, 0.25) is 0 Å². The summed E-state index contributed by atoms with van der Waals surface area (Å²) in [7, 11) is 0. The summed E-state index contributed by atoms with van der Waals surface area (Å²) in [6.45, 7) is 5.76. The van der Waals surface area contributed by atoms with E-state index >= 15 is 0 Å². The van der Waals surface area contributed by atoms with Crippen LogP contribution in [0.25, 0.3) is 16.9 Å². The number of carbonyl (C=O) groups is 1. The summed E-state index contributed by atoms with van der Waals surface area (Å²) in [4.78, 5) is 13.2. The number of hydrogen-bond donors (Lipinski definition) is 1. The Hall–Kier alpha value is -2.05. The number of hydrazine groups is 1. The molecule has 5 nitrogen and oxygen atoms in total. The molecule has 162 valence electrons. The first-order valence-corrected chi connectivity index (χ1v) is 11.3. The summed E-state index contributed by atoms with van der Waals surface area (Å²) in [6, 6.07) is 12.6. The van der Waals surface area contributed by atoms with Gasteiger partial charge in [-0.25, -0.2) is 9.69 Å². The molecule has 0 saturated carbocycles. The number of hydrogen-bond acceptors (Lipinski definition) is 3. The van der Waals surface area contributed by atoms with Crippen LogP contribution in [-0.4, -0.2) is 33.8 Å². The van der Waals surface area contributed by atoms with Crippen LogP contribution in [0.5, 0.6) is 0 Å². The van der Waals surface area contributed by atoms with E-state index in [9.17, 15) is 4.79 Å². The van der Waals surface area contributed by atoms with Crippen molar-refractivity contribution in [3.8, 4) is 16.9 Å². The standard InChI is InChI=1S/C23H23Cl3N4O/c1-14-4-3-11-29(13-14)28-23(31)21-15(2)22(16-5-7-17(24)8-6-16)30(27-21)20-10-9-18(25)12-19(20)26/h5-10,12,14H,3-4,11,13H2,1-2H3,(H,28,31)/t14-/m0/s1. The molecule has 0 aliphatic carbocycles. The molecule has 31 heavy (non-hydrogen) atoms. The van der Waals surface area contributed by atoms with Gasteiger partial charge in [0.1, 0.15) is 0 Å². The second-order valence-electron chi connectivity index (χ2n) is 7.97. The number of halogens is 3. The fourth-order valence-electron chi connectivity index (χ4n) is 3.97. The molecular weight excluding hydrogens is 455 g/mol. The van der Waals surface area contributed by atoms with Gasteiger partial charge in [-0.2, -0.15) is 5.10 Å². The third-order valence-electron chi connectivity index (χ3n) is 5.51. The molecule has 2 heterocycles. The minimum Gasteiger partial charge on any atom is -0.283 e. The summed E-state index contributed by atoms with van der Waals surface area (Å²) in [6.07, 6.45) is 2.24. The van der Waals surface area contributed by atoms with Crippen LogP contribution < -0.4 is 5.43 Å². The molecule has 4 rings (SSSR count). The van der Waals surface area contributed by atoms with E-state index in [-0.39, 0.29) is 5.91 Å². The van der Waals surface area contributed by atoms with Gasteiger partial charge < -0.3 is 0 Å². The molecule has 0 radical (unpaired) electrons. The van der Waals surface area contributed by atoms with Crippen LogP contribution in [0.1, 0.15) is 35.8 Å². The summed E-state index contributed by atoms with van der Waals surface area (Å²) in [5, 5.41) is 8.26. The third kappa shape index (κ3) is 4.75. The molecule has 1 atom stereocenters. The van der Waals surface area contributed by atoms with Gasteiger partial charge in [-0.1, -0.05) is 53.9 Å². The van der Waals surface area contributed by atoms with E-state index in [1.807, 2.05) is 36.2 Å². The Morgan fingerprint density at radius 2 is 1.81 bits per heavy atom. The molecule has 1 fully saturated rings. The fraction of sp³-hybridized carbons (Fsp3) is 0.304. The lowest BCUT2D eigenvalue weighted by atomic mass is 10.0. The first-order valence-electron chi connectivity index (χ1n) is 10.2. The smallest absolute Gasteiger partial charge is 0.283 e. The highest BCUT2D eigenvalue weighted by Gasteiger charge is 2.25. The molecule has 1 aromatic heterocycles. The van der Waals surface area contributed by atoms with Crippen molar-refractivity contribution in [2.75, 3.05) is 13.1 Å². The first kappa shape index (κ1) is 22.2. The van der Waals surface area contributed by atoms with E-state index in [1.165, 1.54) is 6.42 Å². The number of carbonyl (C=O) groups excluding carboxylic acids is 1. The number of piperidine rings is 1. The van der Waals surface area contributed by atoms with Crippen molar-refractivity contribution in [3.05, 3.63) is 68.8 Å². The van der Waals surface area contributed by atoms with Crippen LogP contribution in [0.2, 0.25) is 15.1 Å². The molecule has 2 aromatic carbocycles. The summed E-state index contributed by atoms with van der Waals surface area (Å²) < 4.78 is 1.70. The van der Waals surface area contributed by atoms with Crippen molar-refractivity contribution in [2.24, 2.45) is 5.92 Å². The Morgan fingerprint density at radius 3 is 2.48 bits per heavy atom. The molecule has 0 spiro atoms. The number of nitrogens with zero attached hydrogens (tertiary/aromatic N) is 3. The molecule has 3 aromatic rings. The summed E-state index contributed by atoms with van der Waals surface area (Å²) >= 11 is 18.7. The summed E-state index contributed by atoms with van der Waals surface area (Å²) in [5.74, 6) is 0.316. The lowest BCUT2D eigenvalue weighted by Gasteiger charge is -2.30. The van der Waals surface area contributed by atoms with Crippen molar-refractivity contribution in [1.82, 2.24) is 20.2 Å². The maximum Gasteiger partial charge on any atom is 0.286 e. The molecule has 8 heteroatoms. The third-order valence-corrected chi connectivity index (χ3v) is 6.30. The maximum absolute atomic E-state index is 13.2. The van der Waals surface area contributed by atoms with E-state index in [1.54, 1.807) is 22.9 Å². The van der Waals surface area contributed by atoms with Crippen LogP contribution >= 0.6 is 34.8 Å².